The summed E-state index contributed by atoms with van der Waals surface area (Å²) in [5.41, 5.74) is 6.48. The number of aromatic nitrogens is 2. The fourth-order valence-corrected chi connectivity index (χ4v) is 7.58. The second kappa shape index (κ2) is 7.16. The van der Waals surface area contributed by atoms with Crippen molar-refractivity contribution >= 4 is 11.2 Å². The van der Waals surface area contributed by atoms with Gasteiger partial charge in [0.2, 0.25) is 0 Å². The normalized spacial score (nSPS) is 38.3. The van der Waals surface area contributed by atoms with Gasteiger partial charge in [-0.3, -0.25) is 0 Å². The molecule has 0 spiro atoms. The number of hydrogen-bond donors (Lipinski definition) is 0. The zero-order chi connectivity index (χ0) is 18.9. The fraction of sp³-hybridized carbons (Fsp3) is 0.538. The number of allylic oxidation sites excluding steroid dienone is 4. The second-order valence-electron chi connectivity index (χ2n) is 10.2. The predicted molar refractivity (Wildman–Crippen MR) is 115 cm³/mol. The topological polar surface area (TPSA) is 17.3 Å². The van der Waals surface area contributed by atoms with Crippen LogP contribution in [0.5, 0.6) is 0 Å². The van der Waals surface area contributed by atoms with Crippen LogP contribution in [0.15, 0.2) is 48.3 Å². The molecule has 4 aliphatic rings. The van der Waals surface area contributed by atoms with E-state index in [9.17, 15) is 0 Å². The number of pyridine rings is 1. The van der Waals surface area contributed by atoms with Gasteiger partial charge in [0, 0.05) is 38.9 Å². The van der Waals surface area contributed by atoms with Crippen LogP contribution < -0.4 is 0 Å². The summed E-state index contributed by atoms with van der Waals surface area (Å²) in [6, 6.07) is 6.32. The molecule has 0 aromatic carbocycles. The molecular weight excluding hydrogens is 429 g/mol. The molecule has 0 N–H and O–H groups in total. The van der Waals surface area contributed by atoms with Crippen LogP contribution in [-0.2, 0) is 32.7 Å². The van der Waals surface area contributed by atoms with Crippen LogP contribution in [0.25, 0.3) is 11.2 Å². The Morgan fingerprint density at radius 1 is 1.07 bits per heavy atom. The van der Waals surface area contributed by atoms with E-state index >= 15 is 0 Å². The quantitative estimate of drug-likeness (QED) is 0.351. The summed E-state index contributed by atoms with van der Waals surface area (Å²) in [5.74, 6) is 2.52. The minimum atomic E-state index is 0. The number of rotatable bonds is 1. The first-order valence-electron chi connectivity index (χ1n) is 11.3. The Morgan fingerprint density at radius 3 is 2.86 bits per heavy atom. The van der Waals surface area contributed by atoms with Gasteiger partial charge in [0.15, 0.2) is 0 Å². The number of fused-ring (bicyclic) bond motifs is 6. The van der Waals surface area contributed by atoms with Gasteiger partial charge in [-0.2, -0.15) is 12.8 Å². The summed E-state index contributed by atoms with van der Waals surface area (Å²) in [6.45, 7) is 5.16. The molecule has 29 heavy (non-hydrogen) atoms. The minimum Gasteiger partial charge on any atom is -0.325 e. The maximum atomic E-state index is 4.69. The molecule has 2 nitrogen and oxygen atoms in total. The van der Waals surface area contributed by atoms with Crippen molar-refractivity contribution in [2.75, 3.05) is 0 Å². The molecule has 5 atom stereocenters. The van der Waals surface area contributed by atoms with E-state index in [0.717, 1.165) is 23.4 Å². The Labute approximate surface area is 200 Å². The molecule has 2 aromatic rings. The van der Waals surface area contributed by atoms with E-state index in [4.69, 9.17) is 0 Å². The first-order chi connectivity index (χ1) is 13.6. The van der Waals surface area contributed by atoms with Gasteiger partial charge in [0.25, 0.3) is 0 Å². The van der Waals surface area contributed by atoms with E-state index in [-0.39, 0.29) is 32.7 Å². The molecule has 2 aromatic heterocycles. The largest absolute Gasteiger partial charge is 0.325 e. The van der Waals surface area contributed by atoms with Crippen LogP contribution in [0.2, 0.25) is 0 Å². The Morgan fingerprint density at radius 2 is 1.97 bits per heavy atom. The third-order valence-corrected chi connectivity index (χ3v) is 9.13. The fourth-order valence-electron chi connectivity index (χ4n) is 7.58. The van der Waals surface area contributed by atoms with E-state index in [2.05, 4.69) is 72.4 Å². The van der Waals surface area contributed by atoms with Gasteiger partial charge in [0.1, 0.15) is 5.65 Å². The van der Waals surface area contributed by atoms with Crippen LogP contribution in [0, 0.1) is 35.0 Å². The number of nitrogens with zero attached hydrogens (tertiary/aromatic N) is 2. The van der Waals surface area contributed by atoms with Crippen molar-refractivity contribution in [1.82, 2.24) is 9.38 Å². The Balaban J connectivity index is 0.00000181. The van der Waals surface area contributed by atoms with Gasteiger partial charge in [-0.1, -0.05) is 44.1 Å². The molecule has 2 heterocycles. The van der Waals surface area contributed by atoms with Gasteiger partial charge in [0.05, 0.1) is 11.9 Å². The molecule has 0 aliphatic heterocycles. The summed E-state index contributed by atoms with van der Waals surface area (Å²) in [4.78, 5) is 4.69. The van der Waals surface area contributed by atoms with Crippen LogP contribution >= 0.6 is 0 Å². The standard InChI is InChI=1S/C26H31N2.Y/c1-25-14-5-3-7-18(25)9-10-19-20-11-12-22(26(20,2)15-13-21(19)25)23-17-27-24-8-4-6-16-28(23)24;/h3-4,6,8-9,12,16-17,19-21H,5,7,10-11,13-15H2,1-2H3;/q-1;/t19?,20?,21?,25-,26-;/m0./s1. The minimum absolute atomic E-state index is 0. The monoisotopic (exact) mass is 460 g/mol. The third-order valence-electron chi connectivity index (χ3n) is 9.13. The molecule has 3 heteroatoms. The van der Waals surface area contributed by atoms with Crippen molar-refractivity contribution in [1.29, 1.82) is 0 Å². The summed E-state index contributed by atoms with van der Waals surface area (Å²) < 4.78 is 2.29. The maximum Gasteiger partial charge on any atom is 0.137 e. The van der Waals surface area contributed by atoms with E-state index in [0.29, 0.717) is 10.8 Å². The van der Waals surface area contributed by atoms with Crippen molar-refractivity contribution in [3.8, 4) is 0 Å². The van der Waals surface area contributed by atoms with E-state index in [1.165, 1.54) is 50.6 Å². The molecule has 2 fully saturated rings. The Bertz CT molecular complexity index is 1000. The van der Waals surface area contributed by atoms with Crippen molar-refractivity contribution < 1.29 is 32.7 Å². The number of hydrogen-bond acceptors (Lipinski definition) is 1. The average Bonchev–Trinajstić information content (AvgIpc) is 3.28. The predicted octanol–water partition coefficient (Wildman–Crippen LogP) is 6.49. The first kappa shape index (κ1) is 20.2. The first-order valence-corrected chi connectivity index (χ1v) is 11.3. The van der Waals surface area contributed by atoms with Gasteiger partial charge >= 0.3 is 0 Å². The molecule has 0 amide bonds. The van der Waals surface area contributed by atoms with Crippen LogP contribution in [0.3, 0.4) is 0 Å². The van der Waals surface area contributed by atoms with E-state index in [1.807, 2.05) is 0 Å². The van der Waals surface area contributed by atoms with Crippen molar-refractivity contribution in [2.24, 2.45) is 28.6 Å². The average molecular weight is 460 g/mol. The summed E-state index contributed by atoms with van der Waals surface area (Å²) in [7, 11) is 0. The van der Waals surface area contributed by atoms with Gasteiger partial charge in [-0.15, -0.1) is 0 Å². The van der Waals surface area contributed by atoms with Crippen LogP contribution in [-0.4, -0.2) is 9.38 Å². The molecular formula is C26H31N2Y-. The van der Waals surface area contributed by atoms with Crippen molar-refractivity contribution in [2.45, 2.75) is 58.8 Å². The summed E-state index contributed by atoms with van der Waals surface area (Å²) in [6.07, 6.45) is 21.2. The molecule has 0 bridgehead atoms. The molecule has 6 rings (SSSR count). The Hall–Kier alpha value is -0.726. The van der Waals surface area contributed by atoms with Crippen molar-refractivity contribution in [3.63, 3.8) is 0 Å². The third kappa shape index (κ3) is 2.77. The molecule has 1 radical (unpaired) electrons. The van der Waals surface area contributed by atoms with Gasteiger partial charge < -0.3 is 10.8 Å². The Kier molecular flexibility index (Phi) is 4.99. The molecule has 149 valence electrons. The molecule has 2 saturated carbocycles. The van der Waals surface area contributed by atoms with Gasteiger partial charge in [-0.25, -0.2) is 4.98 Å². The molecule has 4 aliphatic carbocycles. The zero-order valence-electron chi connectivity index (χ0n) is 17.8. The molecule has 0 saturated heterocycles. The summed E-state index contributed by atoms with van der Waals surface area (Å²) in [5, 5.41) is 0. The summed E-state index contributed by atoms with van der Waals surface area (Å²) >= 11 is 0. The second-order valence-corrected chi connectivity index (χ2v) is 10.2. The smallest absolute Gasteiger partial charge is 0.137 e. The van der Waals surface area contributed by atoms with Gasteiger partial charge in [-0.05, 0) is 72.0 Å². The number of imidazole rings is 1. The zero-order valence-corrected chi connectivity index (χ0v) is 20.6. The van der Waals surface area contributed by atoms with Crippen LogP contribution in [0.4, 0.5) is 0 Å². The van der Waals surface area contributed by atoms with Crippen molar-refractivity contribution in [3.05, 3.63) is 60.4 Å². The SMILES string of the molecule is C[C@]12CC[CH-]CC1=CCC1C2CC[C@]2(C)C(c3cnc4ccccn34)=CCC12.[Y]. The molecule has 3 unspecified atom stereocenters. The van der Waals surface area contributed by atoms with Crippen LogP contribution in [0.1, 0.15) is 64.5 Å². The van der Waals surface area contributed by atoms with E-state index in [1.54, 1.807) is 11.1 Å². The van der Waals surface area contributed by atoms with E-state index < -0.39 is 0 Å². The maximum absolute atomic E-state index is 4.69.